The zero-order valence-corrected chi connectivity index (χ0v) is 11.6. The summed E-state index contributed by atoms with van der Waals surface area (Å²) >= 11 is 0. The van der Waals surface area contributed by atoms with E-state index in [1.807, 2.05) is 13.8 Å². The Morgan fingerprint density at radius 2 is 1.83 bits per heavy atom. The van der Waals surface area contributed by atoms with Gasteiger partial charge in [0.1, 0.15) is 12.2 Å². The van der Waals surface area contributed by atoms with Crippen LogP contribution in [0, 0.1) is 0 Å². The van der Waals surface area contributed by atoms with E-state index in [2.05, 4.69) is 6.92 Å². The van der Waals surface area contributed by atoms with E-state index in [1.165, 1.54) is 25.7 Å². The maximum Gasteiger partial charge on any atom is 0.338 e. The van der Waals surface area contributed by atoms with Gasteiger partial charge in [-0.15, -0.1) is 0 Å². The number of fused-ring (bicyclic) bond motifs is 1. The Morgan fingerprint density at radius 1 is 1.11 bits per heavy atom. The minimum absolute atomic E-state index is 0.120. The summed E-state index contributed by atoms with van der Waals surface area (Å²) in [6.45, 7) is 5.89. The maximum absolute atomic E-state index is 11.7. The fraction of sp³-hybridized carbons (Fsp3) is 0.929. The second kappa shape index (κ2) is 5.57. The second-order valence-electron chi connectivity index (χ2n) is 5.70. The third kappa shape index (κ3) is 3.04. The lowest BCUT2D eigenvalue weighted by atomic mass is 10.0. The van der Waals surface area contributed by atoms with E-state index < -0.39 is 11.9 Å². The van der Waals surface area contributed by atoms with Crippen LogP contribution in [0.1, 0.15) is 59.3 Å². The van der Waals surface area contributed by atoms with Crippen LogP contribution >= 0.6 is 0 Å². The summed E-state index contributed by atoms with van der Waals surface area (Å²) in [5, 5.41) is 0. The molecule has 4 heteroatoms. The van der Waals surface area contributed by atoms with Gasteiger partial charge in [-0.25, -0.2) is 4.79 Å². The molecule has 0 unspecified atom stereocenters. The fourth-order valence-electron chi connectivity index (χ4n) is 2.70. The van der Waals surface area contributed by atoms with Crippen molar-refractivity contribution in [2.45, 2.75) is 83.4 Å². The lowest BCUT2D eigenvalue weighted by molar-refractivity contribution is -0.187. The Labute approximate surface area is 109 Å². The average molecular weight is 256 g/mol. The minimum Gasteiger partial charge on any atom is -0.457 e. The van der Waals surface area contributed by atoms with Crippen LogP contribution in [0.4, 0.5) is 0 Å². The van der Waals surface area contributed by atoms with Crippen LogP contribution in [0.5, 0.6) is 0 Å². The van der Waals surface area contributed by atoms with Gasteiger partial charge in [-0.1, -0.05) is 32.6 Å². The van der Waals surface area contributed by atoms with Crippen molar-refractivity contribution < 1.29 is 19.0 Å². The van der Waals surface area contributed by atoms with Crippen molar-refractivity contribution in [1.29, 1.82) is 0 Å². The Bertz CT molecular complexity index is 300. The smallest absolute Gasteiger partial charge is 0.338 e. The van der Waals surface area contributed by atoms with Gasteiger partial charge in [-0.3, -0.25) is 0 Å². The maximum atomic E-state index is 11.7. The third-order valence-corrected chi connectivity index (χ3v) is 3.59. The first-order chi connectivity index (χ1) is 8.53. The number of hydrogen-bond donors (Lipinski definition) is 0. The highest BCUT2D eigenvalue weighted by Crippen LogP contribution is 2.37. The van der Waals surface area contributed by atoms with Crippen LogP contribution in [0.15, 0.2) is 0 Å². The first-order valence-electron chi connectivity index (χ1n) is 7.09. The SMILES string of the molecule is CCCCCCC[C@H]1OC(=O)[C@@H]2OC(C)(C)O[C@H]12. The van der Waals surface area contributed by atoms with E-state index in [1.54, 1.807) is 0 Å². The van der Waals surface area contributed by atoms with Gasteiger partial charge in [0.2, 0.25) is 0 Å². The lowest BCUT2D eigenvalue weighted by Gasteiger charge is -2.21. The van der Waals surface area contributed by atoms with Crippen molar-refractivity contribution in [1.82, 2.24) is 0 Å². The molecule has 0 amide bonds. The predicted octanol–water partition coefficient (Wildman–Crippen LogP) is 2.79. The summed E-state index contributed by atoms with van der Waals surface area (Å²) in [6, 6.07) is 0. The van der Waals surface area contributed by atoms with Gasteiger partial charge >= 0.3 is 5.97 Å². The molecule has 2 aliphatic heterocycles. The summed E-state index contributed by atoms with van der Waals surface area (Å²) in [6.07, 6.45) is 6.11. The lowest BCUT2D eigenvalue weighted by Crippen LogP contribution is -2.29. The number of ether oxygens (including phenoxy) is 3. The van der Waals surface area contributed by atoms with Crippen molar-refractivity contribution >= 4 is 5.97 Å². The molecule has 2 saturated heterocycles. The molecule has 2 rings (SSSR count). The number of unbranched alkanes of at least 4 members (excludes halogenated alkanes) is 4. The van der Waals surface area contributed by atoms with Gasteiger partial charge < -0.3 is 14.2 Å². The van der Waals surface area contributed by atoms with Gasteiger partial charge in [0.15, 0.2) is 11.9 Å². The molecule has 2 heterocycles. The summed E-state index contributed by atoms with van der Waals surface area (Å²) in [5.74, 6) is -0.918. The number of hydrogen-bond acceptors (Lipinski definition) is 4. The molecule has 0 aromatic rings. The molecule has 4 nitrogen and oxygen atoms in total. The summed E-state index contributed by atoms with van der Waals surface area (Å²) < 4.78 is 16.7. The molecule has 0 N–H and O–H groups in total. The Kier molecular flexibility index (Phi) is 4.28. The van der Waals surface area contributed by atoms with Crippen molar-refractivity contribution in [3.63, 3.8) is 0 Å². The van der Waals surface area contributed by atoms with Crippen LogP contribution in [0.3, 0.4) is 0 Å². The number of rotatable bonds is 6. The Balaban J connectivity index is 1.78. The van der Waals surface area contributed by atoms with Gasteiger partial charge in [-0.2, -0.15) is 0 Å². The first-order valence-corrected chi connectivity index (χ1v) is 7.09. The topological polar surface area (TPSA) is 44.8 Å². The van der Waals surface area contributed by atoms with Crippen LogP contribution in [-0.4, -0.2) is 30.1 Å². The monoisotopic (exact) mass is 256 g/mol. The van der Waals surface area contributed by atoms with Crippen LogP contribution in [0.25, 0.3) is 0 Å². The molecule has 0 spiro atoms. The molecule has 2 aliphatic rings. The molecule has 3 atom stereocenters. The predicted molar refractivity (Wildman–Crippen MR) is 67.1 cm³/mol. The highest BCUT2D eigenvalue weighted by Gasteiger charge is 2.55. The molecule has 2 fully saturated rings. The molecular formula is C14H24O4. The summed E-state index contributed by atoms with van der Waals surface area (Å²) in [4.78, 5) is 11.7. The molecule has 0 bridgehead atoms. The highest BCUT2D eigenvalue weighted by molar-refractivity contribution is 5.78. The van der Waals surface area contributed by atoms with Crippen molar-refractivity contribution in [3.8, 4) is 0 Å². The second-order valence-corrected chi connectivity index (χ2v) is 5.70. The van der Waals surface area contributed by atoms with Crippen LogP contribution in [-0.2, 0) is 19.0 Å². The quantitative estimate of drug-likeness (QED) is 0.541. The van der Waals surface area contributed by atoms with E-state index in [-0.39, 0.29) is 18.2 Å². The largest absolute Gasteiger partial charge is 0.457 e. The summed E-state index contributed by atoms with van der Waals surface area (Å²) in [5.41, 5.74) is 0. The van der Waals surface area contributed by atoms with E-state index in [9.17, 15) is 4.79 Å². The summed E-state index contributed by atoms with van der Waals surface area (Å²) in [7, 11) is 0. The average Bonchev–Trinajstić information content (AvgIpc) is 2.75. The van der Waals surface area contributed by atoms with Gasteiger partial charge in [-0.05, 0) is 26.7 Å². The highest BCUT2D eigenvalue weighted by atomic mass is 16.8. The Hall–Kier alpha value is -0.610. The zero-order valence-electron chi connectivity index (χ0n) is 11.6. The molecule has 0 radical (unpaired) electrons. The van der Waals surface area contributed by atoms with Crippen molar-refractivity contribution in [2.24, 2.45) is 0 Å². The Morgan fingerprint density at radius 3 is 2.56 bits per heavy atom. The van der Waals surface area contributed by atoms with E-state index in [4.69, 9.17) is 14.2 Å². The van der Waals surface area contributed by atoms with E-state index in [0.29, 0.717) is 0 Å². The molecule has 104 valence electrons. The zero-order chi connectivity index (χ0) is 13.2. The van der Waals surface area contributed by atoms with E-state index >= 15 is 0 Å². The molecule has 0 aromatic carbocycles. The van der Waals surface area contributed by atoms with Gasteiger partial charge in [0.25, 0.3) is 0 Å². The molecule has 18 heavy (non-hydrogen) atoms. The van der Waals surface area contributed by atoms with E-state index in [0.717, 1.165) is 12.8 Å². The number of carbonyl (C=O) groups is 1. The van der Waals surface area contributed by atoms with Gasteiger partial charge in [0, 0.05) is 0 Å². The fourth-order valence-corrected chi connectivity index (χ4v) is 2.70. The molecular weight excluding hydrogens is 232 g/mol. The minimum atomic E-state index is -0.658. The molecule has 0 aromatic heterocycles. The van der Waals surface area contributed by atoms with Crippen molar-refractivity contribution in [3.05, 3.63) is 0 Å². The third-order valence-electron chi connectivity index (χ3n) is 3.59. The standard InChI is InChI=1S/C14H24O4/c1-4-5-6-7-8-9-10-11-12(13(15)16-10)18-14(2,3)17-11/h10-12H,4-9H2,1-3H3/t10-,11-,12-/m1/s1. The van der Waals surface area contributed by atoms with Crippen LogP contribution in [0.2, 0.25) is 0 Å². The number of esters is 1. The molecule has 0 saturated carbocycles. The first kappa shape index (κ1) is 13.8. The molecule has 0 aliphatic carbocycles. The number of cyclic esters (lactones) is 1. The number of carbonyl (C=O) groups excluding carboxylic acids is 1. The van der Waals surface area contributed by atoms with Crippen LogP contribution < -0.4 is 0 Å². The van der Waals surface area contributed by atoms with Gasteiger partial charge in [0.05, 0.1) is 0 Å². The van der Waals surface area contributed by atoms with Crippen molar-refractivity contribution in [2.75, 3.05) is 0 Å². The normalized spacial score (nSPS) is 33.5.